The van der Waals surface area contributed by atoms with Crippen LogP contribution < -0.4 is 0 Å². The highest BCUT2D eigenvalue weighted by Crippen LogP contribution is 2.41. The molecule has 18 heavy (non-hydrogen) atoms. The molecule has 2 fully saturated rings. The van der Waals surface area contributed by atoms with Crippen molar-refractivity contribution in [3.8, 4) is 0 Å². The van der Waals surface area contributed by atoms with E-state index in [1.165, 1.54) is 6.42 Å². The molecule has 1 aliphatic carbocycles. The molecule has 1 amide bonds. The van der Waals surface area contributed by atoms with E-state index in [0.717, 1.165) is 32.2 Å². The van der Waals surface area contributed by atoms with Crippen LogP contribution in [0.1, 0.15) is 44.9 Å². The van der Waals surface area contributed by atoms with Crippen molar-refractivity contribution in [2.24, 2.45) is 5.41 Å². The molecule has 0 bridgehead atoms. The van der Waals surface area contributed by atoms with Gasteiger partial charge in [0.1, 0.15) is 0 Å². The monoisotopic (exact) mass is 317 g/mol. The van der Waals surface area contributed by atoms with Gasteiger partial charge in [0.05, 0.1) is 6.42 Å². The van der Waals surface area contributed by atoms with E-state index < -0.39 is 5.97 Å². The number of rotatable bonds is 4. The first-order valence-corrected chi connectivity index (χ1v) is 7.56. The number of alkyl halides is 1. The molecular weight excluding hydrogens is 298 g/mol. The zero-order chi connectivity index (χ0) is 13.2. The van der Waals surface area contributed by atoms with Gasteiger partial charge in [-0.25, -0.2) is 0 Å². The van der Waals surface area contributed by atoms with Crippen LogP contribution in [0.3, 0.4) is 0 Å². The average molecular weight is 318 g/mol. The number of halogens is 1. The fraction of sp³-hybridized carbons (Fsp3) is 0.846. The van der Waals surface area contributed by atoms with Crippen molar-refractivity contribution in [1.82, 2.24) is 4.90 Å². The third-order valence-electron chi connectivity index (χ3n) is 4.13. The molecule has 2 rings (SSSR count). The molecule has 2 aliphatic rings. The predicted octanol–water partition coefficient (Wildman–Crippen LogP) is 2.41. The Balaban J connectivity index is 2.05. The summed E-state index contributed by atoms with van der Waals surface area (Å²) in [4.78, 5) is 25.0. The summed E-state index contributed by atoms with van der Waals surface area (Å²) in [5.74, 6) is -0.578. The van der Waals surface area contributed by atoms with Crippen LogP contribution in [0.2, 0.25) is 0 Å². The molecule has 0 aromatic carbocycles. The molecule has 1 saturated heterocycles. The molecule has 5 heteroatoms. The Labute approximate surface area is 116 Å². The maximum Gasteiger partial charge on any atom is 0.303 e. The quantitative estimate of drug-likeness (QED) is 0.810. The van der Waals surface area contributed by atoms with Gasteiger partial charge in [0.15, 0.2) is 0 Å². The van der Waals surface area contributed by atoms with E-state index in [4.69, 9.17) is 5.11 Å². The minimum atomic E-state index is -0.737. The average Bonchev–Trinajstić information content (AvgIpc) is 2.57. The maximum atomic E-state index is 11.8. The molecule has 102 valence electrons. The van der Waals surface area contributed by atoms with Crippen molar-refractivity contribution in [3.63, 3.8) is 0 Å². The smallest absolute Gasteiger partial charge is 0.303 e. The first kappa shape index (κ1) is 13.8. The summed E-state index contributed by atoms with van der Waals surface area (Å²) in [7, 11) is 0. The zero-order valence-electron chi connectivity index (χ0n) is 10.5. The molecule has 1 unspecified atom stereocenters. The number of aliphatic carboxylic acids is 1. The summed E-state index contributed by atoms with van der Waals surface area (Å²) >= 11 is 3.47. The van der Waals surface area contributed by atoms with Gasteiger partial charge in [0.2, 0.25) is 5.91 Å². The first-order chi connectivity index (χ1) is 8.51. The predicted molar refractivity (Wildman–Crippen MR) is 71.7 cm³/mol. The molecule has 0 aromatic heterocycles. The van der Waals surface area contributed by atoms with Crippen molar-refractivity contribution in [2.45, 2.75) is 49.8 Å². The summed E-state index contributed by atoms with van der Waals surface area (Å²) in [6, 6.07) is 0. The number of likely N-dealkylation sites (tertiary alicyclic amines) is 1. The van der Waals surface area contributed by atoms with Crippen molar-refractivity contribution < 1.29 is 14.7 Å². The molecule has 0 radical (unpaired) electrons. The van der Waals surface area contributed by atoms with Crippen molar-refractivity contribution in [3.05, 3.63) is 0 Å². The number of carbonyl (C=O) groups is 2. The SMILES string of the molecule is O=C(O)CC1(CN2CC(Br)CC2=O)CCCCC1. The van der Waals surface area contributed by atoms with Gasteiger partial charge in [-0.05, 0) is 18.3 Å². The molecule has 1 aliphatic heterocycles. The molecule has 4 nitrogen and oxygen atoms in total. The Morgan fingerprint density at radius 1 is 1.39 bits per heavy atom. The van der Waals surface area contributed by atoms with Crippen molar-refractivity contribution in [1.29, 1.82) is 0 Å². The lowest BCUT2D eigenvalue weighted by Crippen LogP contribution is -2.41. The van der Waals surface area contributed by atoms with Crippen LogP contribution in [0.5, 0.6) is 0 Å². The second kappa shape index (κ2) is 5.59. The van der Waals surface area contributed by atoms with E-state index in [1.54, 1.807) is 0 Å². The van der Waals surface area contributed by atoms with Crippen LogP contribution in [-0.2, 0) is 9.59 Å². The number of carboxylic acids is 1. The van der Waals surface area contributed by atoms with E-state index in [2.05, 4.69) is 15.9 Å². The Kier molecular flexibility index (Phi) is 4.30. The topological polar surface area (TPSA) is 57.6 Å². The molecule has 0 aromatic rings. The number of amides is 1. The Morgan fingerprint density at radius 2 is 2.06 bits per heavy atom. The van der Waals surface area contributed by atoms with Gasteiger partial charge in [-0.2, -0.15) is 0 Å². The molecule has 1 saturated carbocycles. The number of carboxylic acid groups (broad SMARTS) is 1. The van der Waals surface area contributed by atoms with E-state index >= 15 is 0 Å². The summed E-state index contributed by atoms with van der Waals surface area (Å²) in [6.07, 6.45) is 6.00. The minimum absolute atomic E-state index is 0.159. The van der Waals surface area contributed by atoms with Crippen LogP contribution >= 0.6 is 15.9 Å². The van der Waals surface area contributed by atoms with Gasteiger partial charge in [-0.1, -0.05) is 35.2 Å². The number of hydrogen-bond donors (Lipinski definition) is 1. The highest BCUT2D eigenvalue weighted by atomic mass is 79.9. The fourth-order valence-electron chi connectivity index (χ4n) is 3.30. The maximum absolute atomic E-state index is 11.8. The summed E-state index contributed by atoms with van der Waals surface area (Å²) in [5.41, 5.74) is -0.184. The van der Waals surface area contributed by atoms with Crippen LogP contribution in [0.25, 0.3) is 0 Å². The van der Waals surface area contributed by atoms with Gasteiger partial charge in [-0.15, -0.1) is 0 Å². The van der Waals surface area contributed by atoms with Gasteiger partial charge < -0.3 is 10.0 Å². The standard InChI is InChI=1S/C13H20BrNO3/c14-10-6-11(16)15(8-10)9-13(7-12(17)18)4-2-1-3-5-13/h10H,1-9H2,(H,17,18). The van der Waals surface area contributed by atoms with E-state index in [1.807, 2.05) is 4.90 Å². The normalized spacial score (nSPS) is 27.5. The second-order valence-corrected chi connectivity index (χ2v) is 7.00. The molecule has 1 heterocycles. The second-order valence-electron chi connectivity index (χ2n) is 5.71. The van der Waals surface area contributed by atoms with Gasteiger partial charge in [-0.3, -0.25) is 9.59 Å². The Hall–Kier alpha value is -0.580. The molecule has 1 N–H and O–H groups in total. The van der Waals surface area contributed by atoms with Gasteiger partial charge >= 0.3 is 5.97 Å². The van der Waals surface area contributed by atoms with Crippen molar-refractivity contribution >= 4 is 27.8 Å². The fourth-order valence-corrected chi connectivity index (χ4v) is 3.92. The first-order valence-electron chi connectivity index (χ1n) is 6.64. The highest BCUT2D eigenvalue weighted by molar-refractivity contribution is 9.09. The number of hydrogen-bond acceptors (Lipinski definition) is 2. The van der Waals surface area contributed by atoms with Gasteiger partial charge in [0.25, 0.3) is 0 Å². The lowest BCUT2D eigenvalue weighted by Gasteiger charge is -2.39. The van der Waals surface area contributed by atoms with E-state index in [0.29, 0.717) is 13.0 Å². The van der Waals surface area contributed by atoms with E-state index in [9.17, 15) is 9.59 Å². The summed E-state index contributed by atoms with van der Waals surface area (Å²) < 4.78 is 0. The zero-order valence-corrected chi connectivity index (χ0v) is 12.1. The molecular formula is C13H20BrNO3. The Bertz CT molecular complexity index is 339. The lowest BCUT2D eigenvalue weighted by atomic mass is 9.71. The van der Waals surface area contributed by atoms with Crippen LogP contribution in [-0.4, -0.2) is 39.8 Å². The largest absolute Gasteiger partial charge is 0.481 e. The van der Waals surface area contributed by atoms with E-state index in [-0.39, 0.29) is 22.6 Å². The van der Waals surface area contributed by atoms with Crippen LogP contribution in [0.4, 0.5) is 0 Å². The third kappa shape index (κ3) is 3.25. The highest BCUT2D eigenvalue weighted by Gasteiger charge is 2.39. The Morgan fingerprint density at radius 3 is 2.56 bits per heavy atom. The van der Waals surface area contributed by atoms with Crippen molar-refractivity contribution in [2.75, 3.05) is 13.1 Å². The number of nitrogens with zero attached hydrogens (tertiary/aromatic N) is 1. The van der Waals surface area contributed by atoms with Crippen LogP contribution in [0, 0.1) is 5.41 Å². The lowest BCUT2D eigenvalue weighted by molar-refractivity contribution is -0.142. The van der Waals surface area contributed by atoms with Crippen LogP contribution in [0.15, 0.2) is 0 Å². The number of carbonyl (C=O) groups excluding carboxylic acids is 1. The molecule has 0 spiro atoms. The molecule has 1 atom stereocenters. The summed E-state index contributed by atoms with van der Waals surface area (Å²) in [5, 5.41) is 9.11. The third-order valence-corrected chi connectivity index (χ3v) is 4.75. The minimum Gasteiger partial charge on any atom is -0.481 e. The summed E-state index contributed by atoms with van der Waals surface area (Å²) in [6.45, 7) is 1.35. The van der Waals surface area contributed by atoms with Gasteiger partial charge in [0, 0.05) is 24.3 Å².